The number of hydrogen-bond acceptors (Lipinski definition) is 5. The fraction of sp³-hybridized carbons (Fsp3) is 0.562. The number of likely N-dealkylation sites (N-methyl/N-ethyl adjacent to an activating group) is 1. The standard InChI is InChI=1S/C16H23N3O4/c1-10-12(18-15(21)23-16(2,3)4)14(20)19(5,6)13-11(22-10)8-7-9-17-13/h7-10,12H,1-6H3/p+1/t10-,12-/m0/s1. The Morgan fingerprint density at radius 2 is 2.04 bits per heavy atom. The Hall–Kier alpha value is -2.15. The fourth-order valence-corrected chi connectivity index (χ4v) is 2.43. The number of carbonyl (C=O) groups is 2. The average Bonchev–Trinajstić information content (AvgIpc) is 2.47. The lowest BCUT2D eigenvalue weighted by molar-refractivity contribution is -0.131. The number of fused-ring (bicyclic) bond motifs is 1. The lowest BCUT2D eigenvalue weighted by atomic mass is 10.1. The van der Waals surface area contributed by atoms with Crippen molar-refractivity contribution >= 4 is 17.8 Å². The number of nitrogens with one attached hydrogen (secondary N) is 1. The van der Waals surface area contributed by atoms with Crippen molar-refractivity contribution in [2.45, 2.75) is 45.4 Å². The molecule has 0 bridgehead atoms. The number of pyridine rings is 1. The van der Waals surface area contributed by atoms with E-state index in [4.69, 9.17) is 9.47 Å². The summed E-state index contributed by atoms with van der Waals surface area (Å²) in [5.41, 5.74) is -0.642. The molecular formula is C16H24N3O4+. The van der Waals surface area contributed by atoms with E-state index in [0.717, 1.165) is 0 Å². The Morgan fingerprint density at radius 1 is 1.39 bits per heavy atom. The lowest BCUT2D eigenvalue weighted by Crippen LogP contribution is -2.60. The summed E-state index contributed by atoms with van der Waals surface area (Å²) in [5, 5.41) is 2.63. The largest absolute Gasteiger partial charge is 0.480 e. The van der Waals surface area contributed by atoms with E-state index < -0.39 is 23.8 Å². The van der Waals surface area contributed by atoms with Crippen molar-refractivity contribution in [3.05, 3.63) is 18.3 Å². The zero-order valence-electron chi connectivity index (χ0n) is 14.4. The van der Waals surface area contributed by atoms with Gasteiger partial charge in [0.25, 0.3) is 5.82 Å². The van der Waals surface area contributed by atoms with E-state index >= 15 is 0 Å². The van der Waals surface area contributed by atoms with Crippen molar-refractivity contribution in [3.8, 4) is 5.75 Å². The highest BCUT2D eigenvalue weighted by molar-refractivity contribution is 5.95. The van der Waals surface area contributed by atoms with Crippen molar-refractivity contribution in [1.82, 2.24) is 14.8 Å². The van der Waals surface area contributed by atoms with Gasteiger partial charge >= 0.3 is 12.0 Å². The summed E-state index contributed by atoms with van der Waals surface area (Å²) in [4.78, 5) is 29.2. The van der Waals surface area contributed by atoms with Crippen LogP contribution in [-0.4, -0.2) is 48.8 Å². The van der Waals surface area contributed by atoms with Crippen LogP contribution >= 0.6 is 0 Å². The Morgan fingerprint density at radius 3 is 2.65 bits per heavy atom. The fourth-order valence-electron chi connectivity index (χ4n) is 2.43. The van der Waals surface area contributed by atoms with Gasteiger partial charge in [0.05, 0.1) is 14.1 Å². The molecule has 23 heavy (non-hydrogen) atoms. The molecule has 1 aromatic rings. The second-order valence-corrected chi connectivity index (χ2v) is 7.06. The van der Waals surface area contributed by atoms with Crippen molar-refractivity contribution in [2.75, 3.05) is 14.1 Å². The summed E-state index contributed by atoms with van der Waals surface area (Å²) < 4.78 is 11.0. The van der Waals surface area contributed by atoms with Crippen molar-refractivity contribution in [1.29, 1.82) is 0 Å². The lowest BCUT2D eigenvalue weighted by Gasteiger charge is -2.28. The van der Waals surface area contributed by atoms with Crippen LogP contribution in [0.25, 0.3) is 0 Å². The van der Waals surface area contributed by atoms with Crippen LogP contribution in [0.5, 0.6) is 5.75 Å². The number of quaternary nitrogens is 1. The van der Waals surface area contributed by atoms with Gasteiger partial charge in [-0.15, -0.1) is 0 Å². The van der Waals surface area contributed by atoms with E-state index in [2.05, 4.69) is 10.3 Å². The van der Waals surface area contributed by atoms with Gasteiger partial charge in [-0.05, 0) is 39.8 Å². The molecule has 1 aliphatic heterocycles. The van der Waals surface area contributed by atoms with Crippen molar-refractivity contribution in [2.24, 2.45) is 0 Å². The van der Waals surface area contributed by atoms with Crippen molar-refractivity contribution < 1.29 is 19.1 Å². The van der Waals surface area contributed by atoms with Crippen LogP contribution in [0.1, 0.15) is 27.7 Å². The predicted molar refractivity (Wildman–Crippen MR) is 86.1 cm³/mol. The first-order chi connectivity index (χ1) is 10.5. The molecule has 0 saturated carbocycles. The number of alkyl carbamates (subject to hydrolysis) is 1. The van der Waals surface area contributed by atoms with Crippen LogP contribution in [0.2, 0.25) is 0 Å². The molecule has 1 aliphatic rings. The van der Waals surface area contributed by atoms with E-state index in [1.807, 2.05) is 0 Å². The minimum Gasteiger partial charge on any atom is -0.480 e. The van der Waals surface area contributed by atoms with Gasteiger partial charge in [-0.25, -0.2) is 19.1 Å². The van der Waals surface area contributed by atoms with Gasteiger partial charge in [0.15, 0.2) is 6.04 Å². The summed E-state index contributed by atoms with van der Waals surface area (Å²) in [7, 11) is 3.44. The van der Waals surface area contributed by atoms with Gasteiger partial charge in [-0.1, -0.05) is 0 Å². The maximum atomic E-state index is 12.9. The van der Waals surface area contributed by atoms with E-state index in [1.54, 1.807) is 60.1 Å². The molecule has 0 aromatic carbocycles. The number of rotatable bonds is 1. The Bertz CT molecular complexity index is 622. The highest BCUT2D eigenvalue weighted by Gasteiger charge is 2.47. The minimum absolute atomic E-state index is 0.124. The smallest absolute Gasteiger partial charge is 0.408 e. The quantitative estimate of drug-likeness (QED) is 0.798. The second kappa shape index (κ2) is 5.81. The molecule has 2 amide bonds. The molecular weight excluding hydrogens is 298 g/mol. The third-order valence-electron chi connectivity index (χ3n) is 3.55. The number of nitrogens with zero attached hydrogens (tertiary/aromatic N) is 2. The molecule has 0 saturated heterocycles. The van der Waals surface area contributed by atoms with Gasteiger partial charge in [0.2, 0.25) is 5.75 Å². The zero-order chi connectivity index (χ0) is 17.4. The van der Waals surface area contributed by atoms with E-state index in [0.29, 0.717) is 11.6 Å². The molecule has 126 valence electrons. The van der Waals surface area contributed by atoms with Gasteiger partial charge in [-0.2, -0.15) is 0 Å². The van der Waals surface area contributed by atoms with Gasteiger partial charge in [-0.3, -0.25) is 0 Å². The highest BCUT2D eigenvalue weighted by Crippen LogP contribution is 2.33. The molecule has 1 N–H and O–H groups in total. The number of carbonyl (C=O) groups excluding carboxylic acids is 2. The first-order valence-corrected chi connectivity index (χ1v) is 7.52. The molecule has 0 spiro atoms. The molecule has 7 nitrogen and oxygen atoms in total. The maximum absolute atomic E-state index is 12.9. The number of hydrogen-bond donors (Lipinski definition) is 1. The monoisotopic (exact) mass is 322 g/mol. The maximum Gasteiger partial charge on any atom is 0.408 e. The molecule has 0 unspecified atom stereocenters. The minimum atomic E-state index is -0.839. The molecule has 2 heterocycles. The summed E-state index contributed by atoms with van der Waals surface area (Å²) in [6, 6.07) is 2.67. The molecule has 2 rings (SSSR count). The third kappa shape index (κ3) is 3.61. The van der Waals surface area contributed by atoms with Crippen LogP contribution in [0.15, 0.2) is 18.3 Å². The normalized spacial score (nSPS) is 23.3. The number of ether oxygens (including phenoxy) is 2. The van der Waals surface area contributed by atoms with Crippen LogP contribution in [-0.2, 0) is 9.53 Å². The zero-order valence-corrected chi connectivity index (χ0v) is 14.4. The predicted octanol–water partition coefficient (Wildman–Crippen LogP) is 1.85. The third-order valence-corrected chi connectivity index (χ3v) is 3.55. The molecule has 0 radical (unpaired) electrons. The molecule has 1 aromatic heterocycles. The summed E-state index contributed by atoms with van der Waals surface area (Å²) in [6.45, 7) is 7.03. The number of amides is 2. The SMILES string of the molecule is C[C@@H]1Oc2cccnc2[N+](C)(C)C(=O)[C@H]1NC(=O)OC(C)(C)C. The second-order valence-electron chi connectivity index (χ2n) is 7.06. The van der Waals surface area contributed by atoms with Gasteiger partial charge in [0.1, 0.15) is 11.7 Å². The molecule has 2 atom stereocenters. The average molecular weight is 322 g/mol. The first kappa shape index (κ1) is 17.2. The molecule has 7 heteroatoms. The van der Waals surface area contributed by atoms with Crippen molar-refractivity contribution in [3.63, 3.8) is 0 Å². The van der Waals surface area contributed by atoms with Gasteiger partial charge in [0, 0.05) is 6.20 Å². The van der Waals surface area contributed by atoms with E-state index in [-0.39, 0.29) is 10.4 Å². The first-order valence-electron chi connectivity index (χ1n) is 7.52. The number of aromatic nitrogens is 1. The summed E-state index contributed by atoms with van der Waals surface area (Å²) in [5.74, 6) is 0.825. The highest BCUT2D eigenvalue weighted by atomic mass is 16.6. The van der Waals surface area contributed by atoms with Crippen LogP contribution < -0.4 is 14.5 Å². The van der Waals surface area contributed by atoms with Crippen LogP contribution in [0, 0.1) is 0 Å². The van der Waals surface area contributed by atoms with E-state index in [9.17, 15) is 9.59 Å². The van der Waals surface area contributed by atoms with Crippen LogP contribution in [0.4, 0.5) is 10.6 Å². The summed E-state index contributed by atoms with van der Waals surface area (Å²) >= 11 is 0. The van der Waals surface area contributed by atoms with E-state index in [1.165, 1.54) is 0 Å². The van der Waals surface area contributed by atoms with Gasteiger partial charge < -0.3 is 14.8 Å². The van der Waals surface area contributed by atoms with Crippen LogP contribution in [0.3, 0.4) is 0 Å². The molecule has 0 fully saturated rings. The topological polar surface area (TPSA) is 77.5 Å². The Kier molecular flexibility index (Phi) is 4.34. The Labute approximate surface area is 136 Å². The summed E-state index contributed by atoms with van der Waals surface area (Å²) in [6.07, 6.45) is 0.421. The molecule has 0 aliphatic carbocycles. The Balaban J connectivity index is 2.30.